The van der Waals surface area contributed by atoms with Crippen molar-refractivity contribution < 1.29 is 14.3 Å². The number of amides is 2. The number of carbonyl (C=O) groups is 2. The second-order valence-electron chi connectivity index (χ2n) is 9.22. The number of ether oxygens (including phenoxy) is 1. The van der Waals surface area contributed by atoms with Gasteiger partial charge in [-0.15, -0.1) is 11.3 Å². The van der Waals surface area contributed by atoms with E-state index in [4.69, 9.17) is 4.74 Å². The molecular formula is C29H24N6O4S. The van der Waals surface area contributed by atoms with Crippen molar-refractivity contribution in [2.24, 2.45) is 5.92 Å². The van der Waals surface area contributed by atoms with Gasteiger partial charge in [0.1, 0.15) is 17.3 Å². The first-order chi connectivity index (χ1) is 19.5. The number of benzene rings is 2. The van der Waals surface area contributed by atoms with E-state index in [1.54, 1.807) is 42.3 Å². The second kappa shape index (κ2) is 10.6. The average Bonchev–Trinajstić information content (AvgIpc) is 3.74. The van der Waals surface area contributed by atoms with Crippen molar-refractivity contribution in [2.75, 3.05) is 23.9 Å². The minimum absolute atomic E-state index is 0.0718. The van der Waals surface area contributed by atoms with Crippen LogP contribution in [-0.4, -0.2) is 45.2 Å². The van der Waals surface area contributed by atoms with Gasteiger partial charge in [-0.05, 0) is 35.7 Å². The molecular weight excluding hydrogens is 528 g/mol. The molecule has 0 saturated carbocycles. The molecule has 1 unspecified atom stereocenters. The van der Waals surface area contributed by atoms with Crippen molar-refractivity contribution in [2.45, 2.75) is 6.42 Å². The van der Waals surface area contributed by atoms with Crippen LogP contribution in [0.2, 0.25) is 0 Å². The smallest absolute Gasteiger partial charge is 0.252 e. The maximum absolute atomic E-state index is 13.4. The van der Waals surface area contributed by atoms with Gasteiger partial charge in [0, 0.05) is 36.3 Å². The predicted molar refractivity (Wildman–Crippen MR) is 153 cm³/mol. The number of nitrogens with one attached hydrogen (secondary N) is 2. The third-order valence-corrected chi connectivity index (χ3v) is 7.51. The molecule has 6 rings (SSSR count). The van der Waals surface area contributed by atoms with Gasteiger partial charge in [-0.25, -0.2) is 4.98 Å². The molecule has 1 atom stereocenters. The van der Waals surface area contributed by atoms with E-state index in [2.05, 4.69) is 20.4 Å². The fourth-order valence-electron chi connectivity index (χ4n) is 4.60. The van der Waals surface area contributed by atoms with E-state index in [1.165, 1.54) is 22.1 Å². The monoisotopic (exact) mass is 552 g/mol. The van der Waals surface area contributed by atoms with Crippen LogP contribution in [0.3, 0.4) is 0 Å². The first kappa shape index (κ1) is 25.3. The standard InChI is InChI=1S/C29H24N6O4S/c1-39-21-11-9-20(10-12-21)34-17-19(14-27(34)37)28(38)31-25-15-23(24-8-5-13-40-24)33-35(25)29-30-22(16-26(36)32-29)18-6-3-2-4-7-18/h2-13,15-16,19H,14,17H2,1H3,(H,31,38)(H,30,32,36). The quantitative estimate of drug-likeness (QED) is 0.310. The zero-order chi connectivity index (χ0) is 27.6. The van der Waals surface area contributed by atoms with Gasteiger partial charge in [0.25, 0.3) is 5.56 Å². The van der Waals surface area contributed by atoms with E-state index >= 15 is 0 Å². The van der Waals surface area contributed by atoms with Crippen LogP contribution >= 0.6 is 11.3 Å². The fraction of sp³-hybridized carbons (Fsp3) is 0.138. The Labute approximate surface area is 232 Å². The Bertz CT molecular complexity index is 1730. The molecule has 3 aromatic heterocycles. The molecule has 1 aliphatic heterocycles. The van der Waals surface area contributed by atoms with Crippen molar-refractivity contribution in [1.29, 1.82) is 0 Å². The molecule has 40 heavy (non-hydrogen) atoms. The van der Waals surface area contributed by atoms with Crippen molar-refractivity contribution in [3.8, 4) is 33.5 Å². The minimum Gasteiger partial charge on any atom is -0.497 e. The number of rotatable bonds is 7. The Balaban J connectivity index is 1.31. The number of hydrogen-bond acceptors (Lipinski definition) is 7. The number of anilines is 2. The lowest BCUT2D eigenvalue weighted by molar-refractivity contribution is -0.122. The molecule has 0 spiro atoms. The van der Waals surface area contributed by atoms with Crippen LogP contribution in [0.15, 0.2) is 89.0 Å². The first-order valence-corrected chi connectivity index (χ1v) is 13.4. The van der Waals surface area contributed by atoms with E-state index in [1.807, 2.05) is 47.8 Å². The summed E-state index contributed by atoms with van der Waals surface area (Å²) < 4.78 is 6.61. The zero-order valence-corrected chi connectivity index (χ0v) is 22.2. The van der Waals surface area contributed by atoms with Crippen LogP contribution in [0.1, 0.15) is 6.42 Å². The fourth-order valence-corrected chi connectivity index (χ4v) is 5.28. The Morgan fingerprint density at radius 1 is 1.02 bits per heavy atom. The normalized spacial score (nSPS) is 14.9. The maximum atomic E-state index is 13.4. The molecule has 2 amide bonds. The van der Waals surface area contributed by atoms with Crippen LogP contribution in [0.5, 0.6) is 5.75 Å². The number of thiophene rings is 1. The number of nitrogens with zero attached hydrogens (tertiary/aromatic N) is 4. The number of H-pyrrole nitrogens is 1. The predicted octanol–water partition coefficient (Wildman–Crippen LogP) is 4.35. The third kappa shape index (κ3) is 5.02. The lowest BCUT2D eigenvalue weighted by Gasteiger charge is -2.17. The zero-order valence-electron chi connectivity index (χ0n) is 21.4. The van der Waals surface area contributed by atoms with Crippen LogP contribution < -0.4 is 20.5 Å². The van der Waals surface area contributed by atoms with Gasteiger partial charge in [-0.1, -0.05) is 36.4 Å². The van der Waals surface area contributed by atoms with E-state index in [9.17, 15) is 14.4 Å². The summed E-state index contributed by atoms with van der Waals surface area (Å²) in [5, 5.41) is 9.52. The van der Waals surface area contributed by atoms with Crippen LogP contribution in [0, 0.1) is 5.92 Å². The van der Waals surface area contributed by atoms with E-state index in [0.717, 1.165) is 10.4 Å². The third-order valence-electron chi connectivity index (χ3n) is 6.61. The van der Waals surface area contributed by atoms with Crippen LogP contribution in [-0.2, 0) is 9.59 Å². The van der Waals surface area contributed by atoms with E-state index < -0.39 is 5.92 Å². The van der Waals surface area contributed by atoms with Crippen molar-refractivity contribution >= 4 is 34.7 Å². The molecule has 11 heteroatoms. The molecule has 10 nitrogen and oxygen atoms in total. The number of carbonyl (C=O) groups excluding carboxylic acids is 2. The van der Waals surface area contributed by atoms with Crippen molar-refractivity contribution in [1.82, 2.24) is 19.7 Å². The van der Waals surface area contributed by atoms with Gasteiger partial charge < -0.3 is 15.0 Å². The summed E-state index contributed by atoms with van der Waals surface area (Å²) in [5.74, 6) is 0.127. The van der Waals surface area contributed by atoms with Gasteiger partial charge in [0.2, 0.25) is 17.8 Å². The summed E-state index contributed by atoms with van der Waals surface area (Å²) in [6.45, 7) is 0.238. The molecule has 0 aliphatic carbocycles. The Kier molecular flexibility index (Phi) is 6.71. The molecule has 4 heterocycles. The molecule has 1 fully saturated rings. The van der Waals surface area contributed by atoms with E-state index in [0.29, 0.717) is 28.6 Å². The molecule has 1 aliphatic rings. The summed E-state index contributed by atoms with van der Waals surface area (Å²) in [6.07, 6.45) is 0.0718. The van der Waals surface area contributed by atoms with E-state index in [-0.39, 0.29) is 36.3 Å². The number of hydrogen-bond donors (Lipinski definition) is 2. The molecule has 0 radical (unpaired) electrons. The Morgan fingerprint density at radius 3 is 2.55 bits per heavy atom. The molecule has 2 aromatic carbocycles. The van der Waals surface area contributed by atoms with Crippen molar-refractivity contribution in [3.63, 3.8) is 0 Å². The van der Waals surface area contributed by atoms with Crippen LogP contribution in [0.25, 0.3) is 27.8 Å². The van der Waals surface area contributed by atoms with Gasteiger partial charge >= 0.3 is 0 Å². The summed E-state index contributed by atoms with van der Waals surface area (Å²) in [7, 11) is 1.58. The van der Waals surface area contributed by atoms with Gasteiger partial charge in [0.15, 0.2) is 0 Å². The Hall–Kier alpha value is -5.03. The summed E-state index contributed by atoms with van der Waals surface area (Å²) >= 11 is 1.50. The summed E-state index contributed by atoms with van der Waals surface area (Å²) in [4.78, 5) is 48.7. The SMILES string of the molecule is COc1ccc(N2CC(C(=O)Nc3cc(-c4cccs4)nn3-c3nc(-c4ccccc4)cc(=O)[nH]3)CC2=O)cc1. The summed E-state index contributed by atoms with van der Waals surface area (Å²) in [6, 6.07) is 23.5. The highest BCUT2D eigenvalue weighted by atomic mass is 32.1. The van der Waals surface area contributed by atoms with Gasteiger partial charge in [-0.2, -0.15) is 9.78 Å². The maximum Gasteiger partial charge on any atom is 0.252 e. The molecule has 2 N–H and O–H groups in total. The molecule has 5 aromatic rings. The topological polar surface area (TPSA) is 122 Å². The van der Waals surface area contributed by atoms with Crippen molar-refractivity contribution in [3.05, 3.63) is 94.6 Å². The lowest BCUT2D eigenvalue weighted by atomic mass is 10.1. The number of aromatic amines is 1. The molecule has 200 valence electrons. The van der Waals surface area contributed by atoms with Gasteiger partial charge in [0.05, 0.1) is 23.6 Å². The number of aromatic nitrogens is 4. The molecule has 0 bridgehead atoms. The molecule has 1 saturated heterocycles. The van der Waals surface area contributed by atoms with Gasteiger partial charge in [-0.3, -0.25) is 19.4 Å². The average molecular weight is 553 g/mol. The highest BCUT2D eigenvalue weighted by Gasteiger charge is 2.35. The first-order valence-electron chi connectivity index (χ1n) is 12.5. The summed E-state index contributed by atoms with van der Waals surface area (Å²) in [5.41, 5.74) is 2.20. The highest BCUT2D eigenvalue weighted by molar-refractivity contribution is 7.13. The second-order valence-corrected chi connectivity index (χ2v) is 10.2. The van der Waals surface area contributed by atoms with Crippen LogP contribution in [0.4, 0.5) is 11.5 Å². The Morgan fingerprint density at radius 2 is 1.82 bits per heavy atom. The highest BCUT2D eigenvalue weighted by Crippen LogP contribution is 2.30. The lowest BCUT2D eigenvalue weighted by Crippen LogP contribution is -2.28. The minimum atomic E-state index is -0.578. The number of methoxy groups -OCH3 is 1. The largest absolute Gasteiger partial charge is 0.497 e.